The zero-order valence-corrected chi connectivity index (χ0v) is 18.6. The average Bonchev–Trinajstić information content (AvgIpc) is 3.01. The molecule has 0 aliphatic heterocycles. The molecule has 31 heavy (non-hydrogen) atoms. The summed E-state index contributed by atoms with van der Waals surface area (Å²) in [4.78, 5) is 32.6. The molecule has 2 heterocycles. The normalized spacial score (nSPS) is 13.9. The summed E-state index contributed by atoms with van der Waals surface area (Å²) in [6.45, 7) is 5.01. The summed E-state index contributed by atoms with van der Waals surface area (Å²) < 4.78 is 19.3. The maximum Gasteiger partial charge on any atom is 0.485 e. The van der Waals surface area contributed by atoms with Gasteiger partial charge in [-0.3, -0.25) is 0 Å². The van der Waals surface area contributed by atoms with E-state index in [0.717, 1.165) is 23.0 Å². The van der Waals surface area contributed by atoms with Crippen LogP contribution < -0.4 is 4.52 Å². The van der Waals surface area contributed by atoms with Crippen LogP contribution in [0.1, 0.15) is 11.1 Å². The van der Waals surface area contributed by atoms with Crippen LogP contribution in [-0.4, -0.2) is 55.8 Å². The van der Waals surface area contributed by atoms with Crippen molar-refractivity contribution in [2.45, 2.75) is 20.4 Å². The lowest BCUT2D eigenvalue weighted by Gasteiger charge is -2.15. The van der Waals surface area contributed by atoms with Crippen molar-refractivity contribution in [1.82, 2.24) is 19.4 Å². The summed E-state index contributed by atoms with van der Waals surface area (Å²) in [7, 11) is -0.924. The van der Waals surface area contributed by atoms with Crippen molar-refractivity contribution in [3.63, 3.8) is 0 Å². The standard InChI is InChI=1S/C21H23N4O5P/c1-12-11-15-18(19(13(12)2)30-31(28,29)21(26)27)23-17-14-7-5-6-8-16(14)25(20(17)22-15)10-9-24(3)4/h5-8,11H,9-10H2,1-4H3,(H,26,27)(H,28,29). The number of nitrogens with zero attached hydrogens (tertiary/aromatic N) is 4. The minimum atomic E-state index is -4.92. The molecule has 0 fully saturated rings. The van der Waals surface area contributed by atoms with Crippen molar-refractivity contribution in [2.24, 2.45) is 0 Å². The Morgan fingerprint density at radius 2 is 1.90 bits per heavy atom. The first-order valence-electron chi connectivity index (χ1n) is 9.69. The minimum Gasteiger partial charge on any atom is -0.471 e. The molecule has 0 saturated heterocycles. The molecule has 0 aliphatic rings. The molecule has 4 aromatic rings. The van der Waals surface area contributed by atoms with Crippen LogP contribution in [-0.2, 0) is 11.1 Å². The van der Waals surface area contributed by atoms with Crippen molar-refractivity contribution in [2.75, 3.05) is 20.6 Å². The molecule has 0 spiro atoms. The number of rotatable bonds is 6. The van der Waals surface area contributed by atoms with E-state index >= 15 is 0 Å². The lowest BCUT2D eigenvalue weighted by atomic mass is 10.1. The number of aryl methyl sites for hydroxylation is 1. The Labute approximate surface area is 178 Å². The Morgan fingerprint density at radius 3 is 2.58 bits per heavy atom. The molecule has 4 rings (SSSR count). The first kappa shape index (κ1) is 21.2. The van der Waals surface area contributed by atoms with Crippen molar-refractivity contribution in [3.05, 3.63) is 41.5 Å². The molecule has 2 aromatic carbocycles. The number of fused-ring (bicyclic) bond motifs is 4. The predicted octanol–water partition coefficient (Wildman–Crippen LogP) is 4.16. The van der Waals surface area contributed by atoms with Gasteiger partial charge in [-0.25, -0.2) is 19.3 Å². The summed E-state index contributed by atoms with van der Waals surface area (Å²) in [6.07, 6.45) is 0. The summed E-state index contributed by atoms with van der Waals surface area (Å²) in [5.74, 6) is -0.0391. The molecule has 0 amide bonds. The average molecular weight is 442 g/mol. The number of hydrogen-bond acceptors (Lipinski definition) is 6. The second-order valence-electron chi connectivity index (χ2n) is 7.78. The third kappa shape index (κ3) is 3.65. The number of hydrogen-bond donors (Lipinski definition) is 2. The fourth-order valence-electron chi connectivity index (χ4n) is 3.57. The van der Waals surface area contributed by atoms with E-state index in [1.165, 1.54) is 0 Å². The van der Waals surface area contributed by atoms with Crippen LogP contribution in [0.4, 0.5) is 4.79 Å². The van der Waals surface area contributed by atoms with Crippen molar-refractivity contribution in [3.8, 4) is 5.75 Å². The second kappa shape index (κ2) is 7.60. The summed E-state index contributed by atoms with van der Waals surface area (Å²) in [5, 5.41) is 9.96. The fraction of sp³-hybridized carbons (Fsp3) is 0.286. The number of aromatic nitrogens is 3. The van der Waals surface area contributed by atoms with Crippen LogP contribution in [0.3, 0.4) is 0 Å². The Kier molecular flexibility index (Phi) is 5.21. The third-order valence-electron chi connectivity index (χ3n) is 5.34. The summed E-state index contributed by atoms with van der Waals surface area (Å²) in [5.41, 5.74) is 2.37. The van der Waals surface area contributed by atoms with Gasteiger partial charge in [0, 0.05) is 18.5 Å². The summed E-state index contributed by atoms with van der Waals surface area (Å²) >= 11 is 0. The van der Waals surface area contributed by atoms with Gasteiger partial charge in [-0.05, 0) is 51.2 Å². The van der Waals surface area contributed by atoms with Crippen LogP contribution >= 0.6 is 7.60 Å². The van der Waals surface area contributed by atoms with Gasteiger partial charge < -0.3 is 24.0 Å². The molecule has 9 nitrogen and oxygen atoms in total. The van der Waals surface area contributed by atoms with E-state index < -0.39 is 13.3 Å². The molecule has 0 saturated carbocycles. The molecule has 0 radical (unpaired) electrons. The maximum absolute atomic E-state index is 12.1. The second-order valence-corrected chi connectivity index (χ2v) is 9.38. The van der Waals surface area contributed by atoms with E-state index in [-0.39, 0.29) is 11.3 Å². The molecule has 2 aromatic heterocycles. The van der Waals surface area contributed by atoms with Crippen LogP contribution in [0, 0.1) is 13.8 Å². The van der Waals surface area contributed by atoms with Gasteiger partial charge in [0.2, 0.25) is 0 Å². The van der Waals surface area contributed by atoms with Gasteiger partial charge in [0.05, 0.1) is 11.0 Å². The van der Waals surface area contributed by atoms with E-state index in [2.05, 4.69) is 9.47 Å². The summed E-state index contributed by atoms with van der Waals surface area (Å²) in [6, 6.07) is 9.62. The quantitative estimate of drug-likeness (QED) is 0.428. The first-order valence-corrected chi connectivity index (χ1v) is 11.3. The Bertz CT molecular complexity index is 1400. The highest BCUT2D eigenvalue weighted by molar-refractivity contribution is 7.70. The number of para-hydroxylation sites is 1. The van der Waals surface area contributed by atoms with Crippen LogP contribution in [0.2, 0.25) is 0 Å². The van der Waals surface area contributed by atoms with Gasteiger partial charge in [-0.2, -0.15) is 0 Å². The van der Waals surface area contributed by atoms with E-state index in [0.29, 0.717) is 28.8 Å². The number of carboxylic acid groups (broad SMARTS) is 1. The molecular weight excluding hydrogens is 419 g/mol. The molecule has 0 bridgehead atoms. The van der Waals surface area contributed by atoms with E-state index in [9.17, 15) is 14.3 Å². The van der Waals surface area contributed by atoms with Crippen LogP contribution in [0.15, 0.2) is 30.3 Å². The highest BCUT2D eigenvalue weighted by Gasteiger charge is 2.34. The zero-order valence-electron chi connectivity index (χ0n) is 17.7. The largest absolute Gasteiger partial charge is 0.485 e. The SMILES string of the molecule is Cc1cc2nc3c(nc2c(OP(=O)(O)C(=O)O)c1C)c1ccccc1n3CCN(C)C. The lowest BCUT2D eigenvalue weighted by molar-refractivity contribution is 0.209. The molecule has 1 unspecified atom stereocenters. The number of carbonyl (C=O) groups is 1. The predicted molar refractivity (Wildman–Crippen MR) is 119 cm³/mol. The van der Waals surface area contributed by atoms with Crippen molar-refractivity contribution >= 4 is 46.4 Å². The van der Waals surface area contributed by atoms with Gasteiger partial charge in [0.1, 0.15) is 11.0 Å². The topological polar surface area (TPSA) is 118 Å². The Morgan fingerprint density at radius 1 is 1.19 bits per heavy atom. The molecule has 0 aliphatic carbocycles. The molecule has 10 heteroatoms. The maximum atomic E-state index is 12.1. The van der Waals surface area contributed by atoms with E-state index in [4.69, 9.17) is 19.6 Å². The Hall–Kier alpha value is -3.00. The van der Waals surface area contributed by atoms with Crippen molar-refractivity contribution < 1.29 is 23.9 Å². The van der Waals surface area contributed by atoms with Gasteiger partial charge in [0.15, 0.2) is 11.4 Å². The molecule has 1 atom stereocenters. The smallest absolute Gasteiger partial charge is 0.471 e. The van der Waals surface area contributed by atoms with Gasteiger partial charge >= 0.3 is 13.3 Å². The van der Waals surface area contributed by atoms with Gasteiger partial charge in [-0.15, -0.1) is 0 Å². The van der Waals surface area contributed by atoms with Crippen LogP contribution in [0.5, 0.6) is 5.75 Å². The zero-order chi connectivity index (χ0) is 22.5. The number of likely N-dealkylation sites (N-methyl/N-ethyl adjacent to an activating group) is 1. The highest BCUT2D eigenvalue weighted by Crippen LogP contribution is 2.47. The minimum absolute atomic E-state index is 0.0391. The van der Waals surface area contributed by atoms with Crippen LogP contribution in [0.25, 0.3) is 33.1 Å². The first-order chi connectivity index (χ1) is 14.6. The number of benzene rings is 2. The fourth-order valence-corrected chi connectivity index (χ4v) is 4.12. The lowest BCUT2D eigenvalue weighted by Crippen LogP contribution is -2.18. The van der Waals surface area contributed by atoms with E-state index in [1.54, 1.807) is 13.8 Å². The monoisotopic (exact) mass is 442 g/mol. The van der Waals surface area contributed by atoms with E-state index in [1.807, 2.05) is 44.4 Å². The van der Waals surface area contributed by atoms with Crippen molar-refractivity contribution in [1.29, 1.82) is 0 Å². The molecular formula is C21H23N4O5P. The highest BCUT2D eigenvalue weighted by atomic mass is 31.2. The Balaban J connectivity index is 2.05. The third-order valence-corrected chi connectivity index (χ3v) is 6.25. The molecule has 162 valence electrons. The van der Waals surface area contributed by atoms with Gasteiger partial charge in [-0.1, -0.05) is 18.2 Å². The molecule has 2 N–H and O–H groups in total. The van der Waals surface area contributed by atoms with Gasteiger partial charge in [0.25, 0.3) is 0 Å².